The Hall–Kier alpha value is -3.56. The molecule has 4 aromatic heterocycles. The molecule has 4 aromatic rings. The Morgan fingerprint density at radius 1 is 1.23 bits per heavy atom. The van der Waals surface area contributed by atoms with E-state index < -0.39 is 5.92 Å². The molecule has 8 nitrogen and oxygen atoms in total. The van der Waals surface area contributed by atoms with Gasteiger partial charge in [-0.2, -0.15) is 10.1 Å². The first-order chi connectivity index (χ1) is 14.4. The zero-order valence-electron chi connectivity index (χ0n) is 16.2. The van der Waals surface area contributed by atoms with E-state index in [1.165, 1.54) is 0 Å². The Morgan fingerprint density at radius 3 is 2.83 bits per heavy atom. The Kier molecular flexibility index (Phi) is 4.16. The highest BCUT2D eigenvalue weighted by Crippen LogP contribution is 2.48. The van der Waals surface area contributed by atoms with Gasteiger partial charge in [0.05, 0.1) is 34.0 Å². The van der Waals surface area contributed by atoms with E-state index in [-0.39, 0.29) is 30.6 Å². The average Bonchev–Trinajstić information content (AvgIpc) is 3.35. The van der Waals surface area contributed by atoms with Gasteiger partial charge >= 0.3 is 0 Å². The fourth-order valence-electron chi connectivity index (χ4n) is 3.69. The molecule has 1 aliphatic rings. The van der Waals surface area contributed by atoms with Crippen LogP contribution in [0.5, 0.6) is 0 Å². The predicted molar refractivity (Wildman–Crippen MR) is 109 cm³/mol. The maximum Gasteiger partial charge on any atom is 0.249 e. The molecule has 0 unspecified atom stereocenters. The number of fused-ring (bicyclic) bond motifs is 1. The van der Waals surface area contributed by atoms with Gasteiger partial charge < -0.3 is 16.0 Å². The van der Waals surface area contributed by atoms with E-state index in [9.17, 15) is 8.78 Å². The van der Waals surface area contributed by atoms with Crippen LogP contribution in [0.2, 0.25) is 0 Å². The van der Waals surface area contributed by atoms with Gasteiger partial charge in [-0.25, -0.2) is 18.7 Å². The third-order valence-corrected chi connectivity index (χ3v) is 5.44. The molecule has 1 aliphatic carbocycles. The van der Waals surface area contributed by atoms with Crippen molar-refractivity contribution in [3.63, 3.8) is 0 Å². The number of aromatic nitrogens is 6. The molecule has 0 spiro atoms. The number of anilines is 2. The fourth-order valence-corrected chi connectivity index (χ4v) is 3.69. The number of halogens is 2. The minimum absolute atomic E-state index is 0.133. The highest BCUT2D eigenvalue weighted by molar-refractivity contribution is 5.75. The van der Waals surface area contributed by atoms with E-state index in [2.05, 4.69) is 35.5 Å². The molecule has 0 amide bonds. The summed E-state index contributed by atoms with van der Waals surface area (Å²) in [5, 5.41) is 10.2. The number of rotatable bonds is 5. The van der Waals surface area contributed by atoms with Gasteiger partial charge in [0, 0.05) is 36.8 Å². The Labute approximate surface area is 170 Å². The summed E-state index contributed by atoms with van der Waals surface area (Å²) in [5.74, 6) is -2.17. The van der Waals surface area contributed by atoms with Crippen LogP contribution in [0.3, 0.4) is 0 Å². The van der Waals surface area contributed by atoms with Gasteiger partial charge in [-0.3, -0.25) is 5.10 Å². The minimum Gasteiger partial charge on any atom is -0.383 e. The first-order valence-electron chi connectivity index (χ1n) is 9.64. The van der Waals surface area contributed by atoms with Crippen molar-refractivity contribution in [3.05, 3.63) is 48.0 Å². The van der Waals surface area contributed by atoms with Crippen molar-refractivity contribution in [2.75, 3.05) is 11.1 Å². The molecular formula is C20H20F2N8. The average molecular weight is 410 g/mol. The van der Waals surface area contributed by atoms with Gasteiger partial charge in [0.2, 0.25) is 11.9 Å². The third-order valence-electron chi connectivity index (χ3n) is 5.44. The highest BCUT2D eigenvalue weighted by Gasteiger charge is 2.46. The summed E-state index contributed by atoms with van der Waals surface area (Å²) in [6, 6.07) is 7.43. The lowest BCUT2D eigenvalue weighted by molar-refractivity contribution is -0.0876. The second kappa shape index (κ2) is 6.75. The van der Waals surface area contributed by atoms with E-state index in [1.807, 2.05) is 31.3 Å². The number of pyridine rings is 1. The fraction of sp³-hybridized carbons (Fsp3) is 0.300. The van der Waals surface area contributed by atoms with Crippen molar-refractivity contribution in [1.82, 2.24) is 30.1 Å². The lowest BCUT2D eigenvalue weighted by Crippen LogP contribution is -2.33. The topological polar surface area (TPSA) is 121 Å². The largest absolute Gasteiger partial charge is 0.383 e. The van der Waals surface area contributed by atoms with Crippen molar-refractivity contribution in [2.45, 2.75) is 37.6 Å². The normalized spacial score (nSPS) is 17.0. The summed E-state index contributed by atoms with van der Waals surface area (Å²) in [7, 11) is 0. The molecule has 10 heteroatoms. The smallest absolute Gasteiger partial charge is 0.249 e. The molecule has 5 N–H and O–H groups in total. The van der Waals surface area contributed by atoms with E-state index >= 15 is 0 Å². The quantitative estimate of drug-likeness (QED) is 0.394. The van der Waals surface area contributed by atoms with Gasteiger partial charge in [-0.15, -0.1) is 0 Å². The Balaban J connectivity index is 1.31. The molecule has 0 radical (unpaired) electrons. The Bertz CT molecular complexity index is 1210. The molecule has 0 aromatic carbocycles. The second-order valence-electron chi connectivity index (χ2n) is 7.67. The SMILES string of the molecule is C[C@@H](Nc1ncc(-c2cc(C3CC(F)(F)C3)[nH]n2)c(N)n1)c1ccc2[nH]ccc2n1. The van der Waals surface area contributed by atoms with Crippen molar-refractivity contribution >= 4 is 22.8 Å². The molecule has 0 bridgehead atoms. The van der Waals surface area contributed by atoms with Gasteiger partial charge in [0.1, 0.15) is 5.82 Å². The monoisotopic (exact) mass is 410 g/mol. The summed E-state index contributed by atoms with van der Waals surface area (Å²) in [4.78, 5) is 16.4. The number of nitrogen functional groups attached to an aromatic ring is 1. The van der Waals surface area contributed by atoms with E-state index in [1.54, 1.807) is 12.3 Å². The van der Waals surface area contributed by atoms with E-state index in [0.717, 1.165) is 16.7 Å². The number of hydrogen-bond donors (Lipinski definition) is 4. The number of alkyl halides is 2. The van der Waals surface area contributed by atoms with Crippen molar-refractivity contribution in [2.24, 2.45) is 0 Å². The van der Waals surface area contributed by atoms with Crippen LogP contribution in [0, 0.1) is 0 Å². The van der Waals surface area contributed by atoms with E-state index in [4.69, 9.17) is 5.73 Å². The van der Waals surface area contributed by atoms with Crippen LogP contribution >= 0.6 is 0 Å². The van der Waals surface area contributed by atoms with Gasteiger partial charge in [0.25, 0.3) is 0 Å². The molecule has 0 aliphatic heterocycles. The van der Waals surface area contributed by atoms with Crippen LogP contribution in [0.4, 0.5) is 20.5 Å². The highest BCUT2D eigenvalue weighted by atomic mass is 19.3. The van der Waals surface area contributed by atoms with Gasteiger partial charge in [-0.05, 0) is 31.2 Å². The van der Waals surface area contributed by atoms with E-state index in [0.29, 0.717) is 22.9 Å². The summed E-state index contributed by atoms with van der Waals surface area (Å²) in [5.41, 5.74) is 10.6. The zero-order chi connectivity index (χ0) is 20.9. The standard InChI is InChI=1S/C20H20F2N8/c1-10(13-2-3-14-15(27-13)4-5-24-14)26-19-25-9-12(18(23)28-19)17-6-16(29-30-17)11-7-20(21,22)8-11/h2-6,9-11,24H,7-8H2,1H3,(H,29,30)(H3,23,25,26,28)/t10-/m1/s1. The molecule has 1 fully saturated rings. The van der Waals surface area contributed by atoms with Crippen molar-refractivity contribution < 1.29 is 8.78 Å². The molecular weight excluding hydrogens is 390 g/mol. The molecule has 0 saturated heterocycles. The van der Waals surface area contributed by atoms with Crippen LogP contribution in [0.25, 0.3) is 22.3 Å². The zero-order valence-corrected chi connectivity index (χ0v) is 16.2. The van der Waals surface area contributed by atoms with Crippen LogP contribution in [0.1, 0.15) is 43.1 Å². The maximum atomic E-state index is 13.1. The van der Waals surface area contributed by atoms with Gasteiger partial charge in [0.15, 0.2) is 0 Å². The minimum atomic E-state index is -2.58. The maximum absolute atomic E-state index is 13.1. The number of nitrogens with one attached hydrogen (secondary N) is 3. The van der Waals surface area contributed by atoms with Crippen LogP contribution < -0.4 is 11.1 Å². The number of nitrogens with two attached hydrogens (primary N) is 1. The number of H-pyrrole nitrogens is 2. The molecule has 5 rings (SSSR count). The first kappa shape index (κ1) is 18.5. The lowest BCUT2D eigenvalue weighted by Gasteiger charge is -2.33. The first-order valence-corrected chi connectivity index (χ1v) is 9.64. The van der Waals surface area contributed by atoms with Gasteiger partial charge in [-0.1, -0.05) is 0 Å². The molecule has 30 heavy (non-hydrogen) atoms. The Morgan fingerprint density at radius 2 is 2.07 bits per heavy atom. The molecule has 154 valence electrons. The molecule has 4 heterocycles. The molecule has 1 saturated carbocycles. The predicted octanol–water partition coefficient (Wildman–Crippen LogP) is 4.01. The van der Waals surface area contributed by atoms with Crippen LogP contribution in [-0.4, -0.2) is 36.1 Å². The number of hydrogen-bond acceptors (Lipinski definition) is 6. The van der Waals surface area contributed by atoms with Crippen molar-refractivity contribution in [3.8, 4) is 11.3 Å². The van der Waals surface area contributed by atoms with Crippen LogP contribution in [-0.2, 0) is 0 Å². The third kappa shape index (κ3) is 3.34. The number of nitrogens with zero attached hydrogens (tertiary/aromatic N) is 4. The molecule has 1 atom stereocenters. The lowest BCUT2D eigenvalue weighted by atomic mass is 9.79. The summed E-state index contributed by atoms with van der Waals surface area (Å²) < 4.78 is 26.2. The summed E-state index contributed by atoms with van der Waals surface area (Å²) in [6.45, 7) is 1.96. The number of aromatic amines is 2. The van der Waals surface area contributed by atoms with Crippen molar-refractivity contribution in [1.29, 1.82) is 0 Å². The second-order valence-corrected chi connectivity index (χ2v) is 7.67. The van der Waals surface area contributed by atoms with Crippen LogP contribution in [0.15, 0.2) is 36.7 Å². The summed E-state index contributed by atoms with van der Waals surface area (Å²) >= 11 is 0. The summed E-state index contributed by atoms with van der Waals surface area (Å²) in [6.07, 6.45) is 3.10.